The van der Waals surface area contributed by atoms with Crippen LogP contribution in [0.4, 0.5) is 11.6 Å². The first-order valence-electron chi connectivity index (χ1n) is 8.58. The molecule has 0 unspecified atom stereocenters. The summed E-state index contributed by atoms with van der Waals surface area (Å²) in [5.41, 5.74) is -0.0865. The van der Waals surface area contributed by atoms with Crippen molar-refractivity contribution < 1.29 is 14.6 Å². The van der Waals surface area contributed by atoms with Crippen molar-refractivity contribution in [3.05, 3.63) is 30.4 Å². The first kappa shape index (κ1) is 17.8. The summed E-state index contributed by atoms with van der Waals surface area (Å²) >= 11 is 0. The van der Waals surface area contributed by atoms with Crippen molar-refractivity contribution in [2.75, 3.05) is 23.3 Å². The number of carboxylic acids is 1. The number of hydrogen-bond acceptors (Lipinski definition) is 8. The highest BCUT2D eigenvalue weighted by atomic mass is 16.5. The lowest BCUT2D eigenvalue weighted by Gasteiger charge is -2.33. The van der Waals surface area contributed by atoms with E-state index in [2.05, 4.69) is 30.2 Å². The van der Waals surface area contributed by atoms with E-state index in [4.69, 9.17) is 4.74 Å². The van der Waals surface area contributed by atoms with E-state index >= 15 is 0 Å². The monoisotopic (exact) mass is 358 g/mol. The molecule has 1 aliphatic heterocycles. The quantitative estimate of drug-likeness (QED) is 0.798. The van der Waals surface area contributed by atoms with Crippen molar-refractivity contribution in [3.8, 4) is 6.01 Å². The van der Waals surface area contributed by atoms with Crippen LogP contribution >= 0.6 is 0 Å². The molecule has 0 amide bonds. The number of hydrogen-bond donors (Lipinski definition) is 2. The van der Waals surface area contributed by atoms with E-state index in [0.717, 1.165) is 31.7 Å². The molecule has 0 radical (unpaired) electrons. The Morgan fingerprint density at radius 2 is 2.12 bits per heavy atom. The fraction of sp³-hybridized carbons (Fsp3) is 0.471. The van der Waals surface area contributed by atoms with Gasteiger partial charge in [-0.3, -0.25) is 0 Å². The Balaban J connectivity index is 1.65. The molecule has 3 rings (SSSR count). The lowest BCUT2D eigenvalue weighted by Crippen LogP contribution is -2.39. The summed E-state index contributed by atoms with van der Waals surface area (Å²) in [4.78, 5) is 29.9. The largest absolute Gasteiger partial charge is 0.477 e. The van der Waals surface area contributed by atoms with Crippen LogP contribution in [-0.4, -0.2) is 56.2 Å². The minimum absolute atomic E-state index is 0.0702. The molecule has 2 N–H and O–H groups in total. The highest BCUT2D eigenvalue weighted by Gasteiger charge is 2.21. The molecule has 3 heterocycles. The second-order valence-corrected chi connectivity index (χ2v) is 6.37. The second-order valence-electron chi connectivity index (χ2n) is 6.37. The highest BCUT2D eigenvalue weighted by molar-refractivity contribution is 5.86. The average molecular weight is 358 g/mol. The number of carboxylic acid groups (broad SMARTS) is 1. The lowest BCUT2D eigenvalue weighted by atomic mass is 10.1. The summed E-state index contributed by atoms with van der Waals surface area (Å²) in [5.74, 6) is 0.275. The highest BCUT2D eigenvalue weighted by Crippen LogP contribution is 2.21. The molecule has 2 aromatic heterocycles. The molecule has 0 bridgehead atoms. The van der Waals surface area contributed by atoms with Gasteiger partial charge in [0.2, 0.25) is 0 Å². The van der Waals surface area contributed by atoms with E-state index in [0.29, 0.717) is 5.82 Å². The van der Waals surface area contributed by atoms with E-state index in [1.807, 2.05) is 19.9 Å². The first-order valence-corrected chi connectivity index (χ1v) is 8.58. The third-order valence-electron chi connectivity index (χ3n) is 4.00. The topological polar surface area (TPSA) is 113 Å². The summed E-state index contributed by atoms with van der Waals surface area (Å²) in [6.07, 6.45) is 4.91. The number of aromatic carboxylic acids is 1. The molecule has 1 fully saturated rings. The van der Waals surface area contributed by atoms with Crippen LogP contribution in [0, 0.1) is 0 Å². The van der Waals surface area contributed by atoms with Gasteiger partial charge >= 0.3 is 12.0 Å². The van der Waals surface area contributed by atoms with Crippen LogP contribution in [-0.2, 0) is 0 Å². The van der Waals surface area contributed by atoms with Gasteiger partial charge in [0.15, 0.2) is 5.69 Å². The molecule has 138 valence electrons. The Morgan fingerprint density at radius 3 is 2.73 bits per heavy atom. The molecular weight excluding hydrogens is 336 g/mol. The Labute approximate surface area is 151 Å². The van der Waals surface area contributed by atoms with Crippen molar-refractivity contribution in [3.63, 3.8) is 0 Å². The number of nitrogens with zero attached hydrogens (tertiary/aromatic N) is 5. The molecule has 0 spiro atoms. The number of rotatable bonds is 6. The molecule has 1 aliphatic rings. The molecule has 9 nitrogen and oxygen atoms in total. The van der Waals surface area contributed by atoms with Gasteiger partial charge in [0.25, 0.3) is 0 Å². The first-order chi connectivity index (χ1) is 12.5. The zero-order valence-corrected chi connectivity index (χ0v) is 14.8. The van der Waals surface area contributed by atoms with E-state index in [1.54, 1.807) is 12.5 Å². The minimum atomic E-state index is -1.11. The van der Waals surface area contributed by atoms with Gasteiger partial charge in [-0.05, 0) is 32.8 Å². The van der Waals surface area contributed by atoms with Gasteiger partial charge in [-0.15, -0.1) is 0 Å². The summed E-state index contributed by atoms with van der Waals surface area (Å²) in [5, 5.41) is 12.6. The normalized spacial score (nSPS) is 15.1. The number of anilines is 2. The number of nitrogens with one attached hydrogen (secondary N) is 1. The van der Waals surface area contributed by atoms with E-state index < -0.39 is 5.97 Å². The van der Waals surface area contributed by atoms with Crippen LogP contribution < -0.4 is 15.0 Å². The molecule has 0 atom stereocenters. The van der Waals surface area contributed by atoms with E-state index in [1.165, 1.54) is 6.07 Å². The second kappa shape index (κ2) is 7.94. The van der Waals surface area contributed by atoms with Gasteiger partial charge in [0.05, 0.1) is 6.10 Å². The molecule has 9 heteroatoms. The Kier molecular flexibility index (Phi) is 5.45. The maximum absolute atomic E-state index is 11.3. The van der Waals surface area contributed by atoms with Crippen LogP contribution in [0.1, 0.15) is 37.2 Å². The summed E-state index contributed by atoms with van der Waals surface area (Å²) in [6.45, 7) is 5.38. The summed E-state index contributed by atoms with van der Waals surface area (Å²) < 4.78 is 5.46. The lowest BCUT2D eigenvalue weighted by molar-refractivity contribution is 0.0688. The van der Waals surface area contributed by atoms with Crippen molar-refractivity contribution in [2.45, 2.75) is 38.8 Å². The maximum atomic E-state index is 11.3. The molecule has 0 saturated carbocycles. The van der Waals surface area contributed by atoms with Gasteiger partial charge in [0, 0.05) is 31.4 Å². The summed E-state index contributed by atoms with van der Waals surface area (Å²) in [7, 11) is 0. The van der Waals surface area contributed by atoms with E-state index in [-0.39, 0.29) is 23.9 Å². The van der Waals surface area contributed by atoms with Gasteiger partial charge in [-0.1, -0.05) is 0 Å². The fourth-order valence-corrected chi connectivity index (χ4v) is 2.80. The maximum Gasteiger partial charge on any atom is 0.354 e. The third-order valence-corrected chi connectivity index (χ3v) is 4.00. The average Bonchev–Trinajstić information content (AvgIpc) is 2.62. The van der Waals surface area contributed by atoms with E-state index in [9.17, 15) is 9.90 Å². The van der Waals surface area contributed by atoms with Gasteiger partial charge < -0.3 is 20.1 Å². The molecule has 2 aromatic rings. The van der Waals surface area contributed by atoms with Crippen LogP contribution in [0.5, 0.6) is 6.01 Å². The molecule has 26 heavy (non-hydrogen) atoms. The van der Waals surface area contributed by atoms with Gasteiger partial charge in [-0.25, -0.2) is 14.8 Å². The number of ether oxygens (including phenoxy) is 1. The molecule has 1 saturated heterocycles. The van der Waals surface area contributed by atoms with Crippen molar-refractivity contribution in [2.24, 2.45) is 0 Å². The predicted octanol–water partition coefficient (Wildman–Crippen LogP) is 1.83. The number of aromatic nitrogens is 4. The standard InChI is InChI=1S/C17H22N6O3/c1-11(2)26-17-21-13(16(24)25)9-14(22-17)20-12-4-7-23(8-5-12)15-3-6-18-10-19-15/h3,6,9-12H,4-5,7-8H2,1-2H3,(H,24,25)(H,20,21,22). The molecular formula is C17H22N6O3. The van der Waals surface area contributed by atoms with Crippen LogP contribution in [0.15, 0.2) is 24.7 Å². The van der Waals surface area contributed by atoms with Crippen LogP contribution in [0.3, 0.4) is 0 Å². The number of carbonyl (C=O) groups is 1. The predicted molar refractivity (Wildman–Crippen MR) is 95.6 cm³/mol. The van der Waals surface area contributed by atoms with Crippen LogP contribution in [0.2, 0.25) is 0 Å². The Bertz CT molecular complexity index is 747. The number of piperidine rings is 1. The van der Waals surface area contributed by atoms with Gasteiger partial charge in [0.1, 0.15) is 18.0 Å². The smallest absolute Gasteiger partial charge is 0.354 e. The summed E-state index contributed by atoms with van der Waals surface area (Å²) in [6, 6.07) is 3.59. The zero-order chi connectivity index (χ0) is 18.5. The van der Waals surface area contributed by atoms with Crippen molar-refractivity contribution >= 4 is 17.6 Å². The van der Waals surface area contributed by atoms with Crippen molar-refractivity contribution in [1.82, 2.24) is 19.9 Å². The molecule has 0 aromatic carbocycles. The van der Waals surface area contributed by atoms with Crippen molar-refractivity contribution in [1.29, 1.82) is 0 Å². The Hall–Kier alpha value is -2.97. The zero-order valence-electron chi connectivity index (χ0n) is 14.8. The van der Waals surface area contributed by atoms with Gasteiger partial charge in [-0.2, -0.15) is 9.97 Å². The minimum Gasteiger partial charge on any atom is -0.477 e. The fourth-order valence-electron chi connectivity index (χ4n) is 2.80. The SMILES string of the molecule is CC(C)Oc1nc(NC2CCN(c3ccncn3)CC2)cc(C(=O)O)n1. The molecule has 0 aliphatic carbocycles. The third kappa shape index (κ3) is 4.56. The Morgan fingerprint density at radius 1 is 1.35 bits per heavy atom. The van der Waals surface area contributed by atoms with Crippen LogP contribution in [0.25, 0.3) is 0 Å².